The number of likely N-dealkylation sites (N-methyl/N-ethyl adjacent to an activating group) is 1. The van der Waals surface area contributed by atoms with E-state index in [2.05, 4.69) is 41.0 Å². The molecule has 10 heteroatoms. The van der Waals surface area contributed by atoms with Gasteiger partial charge in [0.05, 0.1) is 9.93 Å². The first-order valence-electron chi connectivity index (χ1n) is 12.8. The molecule has 0 aromatic carbocycles. The molecule has 8 nitrogen and oxygen atoms in total. The molecule has 1 fully saturated rings. The maximum absolute atomic E-state index is 6.39. The molecule has 0 amide bonds. The average molecular weight is 547 g/mol. The van der Waals surface area contributed by atoms with Crippen molar-refractivity contribution in [2.75, 3.05) is 44.9 Å². The minimum Gasteiger partial charge on any atom is -0.382 e. The van der Waals surface area contributed by atoms with Gasteiger partial charge in [-0.05, 0) is 67.0 Å². The normalized spacial score (nSPS) is 23.4. The smallest absolute Gasteiger partial charge is 0.147 e. The number of likely N-dealkylation sites (tertiary alicyclic amines) is 1. The lowest BCUT2D eigenvalue weighted by atomic mass is 9.76. The van der Waals surface area contributed by atoms with Gasteiger partial charge in [0.1, 0.15) is 29.1 Å². The zero-order valence-electron chi connectivity index (χ0n) is 21.9. The van der Waals surface area contributed by atoms with Crippen LogP contribution in [0.5, 0.6) is 0 Å². The minimum atomic E-state index is 0.307. The Balaban J connectivity index is 1.18. The van der Waals surface area contributed by atoms with Gasteiger partial charge in [-0.1, -0.05) is 29.4 Å². The number of nitrogens with two attached hydrogens (primary N) is 1. The number of thioether (sulfide) groups is 1. The Morgan fingerprint density at radius 3 is 2.71 bits per heavy atom. The lowest BCUT2D eigenvalue weighted by Crippen LogP contribution is -2.43. The van der Waals surface area contributed by atoms with E-state index in [1.165, 1.54) is 23.0 Å². The number of amidine groups is 2. The number of aliphatic imine (C=N–C) groups is 2. The summed E-state index contributed by atoms with van der Waals surface area (Å²) < 4.78 is 0. The Labute approximate surface area is 232 Å². The molecule has 6 rings (SSSR count). The molecule has 4 aliphatic rings. The third-order valence-electron chi connectivity index (χ3n) is 7.78. The van der Waals surface area contributed by atoms with Crippen LogP contribution in [-0.4, -0.2) is 65.7 Å². The number of aromatic nitrogens is 2. The molecule has 0 saturated carbocycles. The predicted octanol–water partition coefficient (Wildman–Crippen LogP) is 4.75. The number of anilines is 2. The number of nitrogen functional groups attached to an aromatic ring is 1. The SMILES string of the molecule is CN1C2=CC=C(Sc3ccnc(N)c3Cl)/C1=N/C=C/C(N1CCC3(CC1)Cc1ccc(N(C)C)nc1C3)=N\2. The maximum atomic E-state index is 6.39. The highest BCUT2D eigenvalue weighted by molar-refractivity contribution is 8.04. The Kier molecular flexibility index (Phi) is 6.44. The number of allylic oxidation sites excluding steroid dienone is 2. The molecule has 0 radical (unpaired) electrons. The van der Waals surface area contributed by atoms with Crippen molar-refractivity contribution in [2.45, 2.75) is 30.6 Å². The van der Waals surface area contributed by atoms with Gasteiger partial charge in [-0.15, -0.1) is 0 Å². The second kappa shape index (κ2) is 9.78. The van der Waals surface area contributed by atoms with Crippen molar-refractivity contribution >= 4 is 46.7 Å². The second-order valence-corrected chi connectivity index (χ2v) is 11.9. The van der Waals surface area contributed by atoms with Crippen molar-refractivity contribution in [3.8, 4) is 0 Å². The van der Waals surface area contributed by atoms with Crippen molar-refractivity contribution in [3.63, 3.8) is 0 Å². The van der Waals surface area contributed by atoms with E-state index in [1.54, 1.807) is 6.20 Å². The van der Waals surface area contributed by atoms with E-state index in [0.717, 1.165) is 71.9 Å². The minimum absolute atomic E-state index is 0.307. The standard InChI is InChI=1S/C28H31ClN8S/c1-35(2)22-6-4-18-16-28(17-19(18)33-22)10-14-37(15-11-28)24-9-13-32-27-21(5-7-23(34-24)36(27)3)38-20-8-12-31-26(30)25(20)29/h4-9,12-13H,10-11,14-17H2,1-3H3,(H2,30,31)/b13-9+,24-9?,32-13?,32-27-,34-23?,34-24+. The van der Waals surface area contributed by atoms with E-state index >= 15 is 0 Å². The van der Waals surface area contributed by atoms with Crippen LogP contribution in [0.25, 0.3) is 0 Å². The number of pyridine rings is 2. The number of nitrogens with zero attached hydrogens (tertiary/aromatic N) is 7. The van der Waals surface area contributed by atoms with Crippen LogP contribution in [0.15, 0.2) is 74.4 Å². The highest BCUT2D eigenvalue weighted by Crippen LogP contribution is 2.45. The predicted molar refractivity (Wildman–Crippen MR) is 157 cm³/mol. The van der Waals surface area contributed by atoms with Gasteiger partial charge in [-0.3, -0.25) is 0 Å². The van der Waals surface area contributed by atoms with Crippen molar-refractivity contribution in [1.82, 2.24) is 19.8 Å². The van der Waals surface area contributed by atoms with E-state index in [4.69, 9.17) is 32.3 Å². The van der Waals surface area contributed by atoms with Crippen molar-refractivity contribution in [1.29, 1.82) is 0 Å². The number of rotatable bonds is 3. The van der Waals surface area contributed by atoms with Crippen LogP contribution in [0.1, 0.15) is 24.1 Å². The summed E-state index contributed by atoms with van der Waals surface area (Å²) in [5.74, 6) is 4.01. The van der Waals surface area contributed by atoms with Gasteiger partial charge >= 0.3 is 0 Å². The molecule has 0 atom stereocenters. The number of hydrogen-bond acceptors (Lipinski definition) is 9. The third-order valence-corrected chi connectivity index (χ3v) is 9.39. The van der Waals surface area contributed by atoms with Gasteiger partial charge in [0.25, 0.3) is 0 Å². The average Bonchev–Trinajstić information content (AvgIpc) is 3.25. The molecule has 0 unspecified atom stereocenters. The van der Waals surface area contributed by atoms with Gasteiger partial charge in [-0.2, -0.15) is 0 Å². The monoisotopic (exact) mass is 546 g/mol. The lowest BCUT2D eigenvalue weighted by molar-refractivity contribution is 0.158. The lowest BCUT2D eigenvalue weighted by Gasteiger charge is -2.40. The number of hydrogen-bond donors (Lipinski definition) is 1. The molecule has 5 heterocycles. The Morgan fingerprint density at radius 1 is 1.11 bits per heavy atom. The highest BCUT2D eigenvalue weighted by atomic mass is 35.5. The zero-order chi connectivity index (χ0) is 26.4. The van der Waals surface area contributed by atoms with E-state index in [1.807, 2.05) is 42.4 Å². The van der Waals surface area contributed by atoms with Crippen LogP contribution >= 0.6 is 23.4 Å². The van der Waals surface area contributed by atoms with Gasteiger partial charge in [0.15, 0.2) is 0 Å². The largest absolute Gasteiger partial charge is 0.382 e. The molecule has 2 N–H and O–H groups in total. The molecular weight excluding hydrogens is 516 g/mol. The Morgan fingerprint density at radius 2 is 1.92 bits per heavy atom. The first-order chi connectivity index (χ1) is 18.3. The molecular formula is C28H31ClN8S. The fourth-order valence-corrected chi connectivity index (χ4v) is 6.77. The second-order valence-electron chi connectivity index (χ2n) is 10.5. The maximum Gasteiger partial charge on any atom is 0.147 e. The summed E-state index contributed by atoms with van der Waals surface area (Å²) in [7, 11) is 6.10. The topological polar surface area (TPSA) is 86.2 Å². The summed E-state index contributed by atoms with van der Waals surface area (Å²) in [5.41, 5.74) is 8.90. The molecule has 1 saturated heterocycles. The summed E-state index contributed by atoms with van der Waals surface area (Å²) in [4.78, 5) is 27.2. The van der Waals surface area contributed by atoms with E-state index in [0.29, 0.717) is 16.3 Å². The van der Waals surface area contributed by atoms with Crippen molar-refractivity contribution in [3.05, 3.63) is 75.8 Å². The van der Waals surface area contributed by atoms with Crippen LogP contribution in [0.2, 0.25) is 5.02 Å². The molecule has 38 heavy (non-hydrogen) atoms. The number of halogens is 1. The van der Waals surface area contributed by atoms with Crippen LogP contribution in [0.4, 0.5) is 11.6 Å². The van der Waals surface area contributed by atoms with Gasteiger partial charge in [0.2, 0.25) is 0 Å². The first-order valence-corrected chi connectivity index (χ1v) is 14.0. The molecule has 1 aliphatic carbocycles. The summed E-state index contributed by atoms with van der Waals surface area (Å²) in [6.45, 7) is 1.95. The quantitative estimate of drug-likeness (QED) is 0.594. The van der Waals surface area contributed by atoms with Crippen LogP contribution in [0.3, 0.4) is 0 Å². The zero-order valence-corrected chi connectivity index (χ0v) is 23.4. The van der Waals surface area contributed by atoms with Gasteiger partial charge in [0, 0.05) is 57.2 Å². The Hall–Kier alpha value is -3.30. The molecule has 3 aliphatic heterocycles. The molecule has 1 spiro atoms. The van der Waals surface area contributed by atoms with E-state index in [-0.39, 0.29) is 0 Å². The first kappa shape index (κ1) is 25.0. The third kappa shape index (κ3) is 4.58. The number of piperidine rings is 1. The molecule has 2 aromatic heterocycles. The van der Waals surface area contributed by atoms with Crippen molar-refractivity contribution in [2.24, 2.45) is 15.4 Å². The number of fused-ring (bicyclic) bond motifs is 3. The van der Waals surface area contributed by atoms with Crippen LogP contribution in [-0.2, 0) is 12.8 Å². The summed E-state index contributed by atoms with van der Waals surface area (Å²) in [5, 5.41) is 0.459. The van der Waals surface area contributed by atoms with Gasteiger partial charge in [-0.25, -0.2) is 20.0 Å². The highest BCUT2D eigenvalue weighted by Gasteiger charge is 2.41. The summed E-state index contributed by atoms with van der Waals surface area (Å²) >= 11 is 7.91. The molecule has 2 aromatic rings. The van der Waals surface area contributed by atoms with Gasteiger partial charge < -0.3 is 20.4 Å². The summed E-state index contributed by atoms with van der Waals surface area (Å²) in [6.07, 6.45) is 14.1. The fourth-order valence-electron chi connectivity index (χ4n) is 5.56. The Bertz CT molecular complexity index is 1430. The van der Waals surface area contributed by atoms with E-state index in [9.17, 15) is 0 Å². The summed E-state index contributed by atoms with van der Waals surface area (Å²) in [6, 6.07) is 6.28. The van der Waals surface area contributed by atoms with Crippen LogP contribution < -0.4 is 10.6 Å². The van der Waals surface area contributed by atoms with Crippen LogP contribution in [0, 0.1) is 5.41 Å². The molecule has 2 bridgehead atoms. The fraction of sp³-hybridized carbons (Fsp3) is 0.357. The van der Waals surface area contributed by atoms with Crippen molar-refractivity contribution < 1.29 is 0 Å². The molecule has 196 valence electrons. The van der Waals surface area contributed by atoms with E-state index < -0.39 is 0 Å².